The maximum Gasteiger partial charge on any atom is 0.309 e. The summed E-state index contributed by atoms with van der Waals surface area (Å²) in [4.78, 5) is 34.7. The molecule has 234 valence electrons. The lowest BCUT2D eigenvalue weighted by Gasteiger charge is -2.40. The minimum Gasteiger partial charge on any atom is -0.436 e. The van der Waals surface area contributed by atoms with Gasteiger partial charge in [0.15, 0.2) is 0 Å². The van der Waals surface area contributed by atoms with Crippen molar-refractivity contribution in [3.05, 3.63) is 46.6 Å². The number of halogens is 1. The van der Waals surface area contributed by atoms with Gasteiger partial charge in [-0.05, 0) is 30.5 Å². The molecule has 1 fully saturated rings. The lowest BCUT2D eigenvalue weighted by molar-refractivity contribution is -0.133. The summed E-state index contributed by atoms with van der Waals surface area (Å²) in [6.45, 7) is 3.95. The van der Waals surface area contributed by atoms with Gasteiger partial charge in [-0.15, -0.1) is 11.3 Å². The maximum atomic E-state index is 14.1. The fraction of sp³-hybridized carbons (Fsp3) is 0.536. The lowest BCUT2D eigenvalue weighted by Crippen LogP contribution is -2.57. The number of ether oxygens (including phenoxy) is 2. The van der Waals surface area contributed by atoms with Crippen molar-refractivity contribution >= 4 is 54.9 Å². The van der Waals surface area contributed by atoms with Crippen LogP contribution in [0.25, 0.3) is 10.1 Å². The largest absolute Gasteiger partial charge is 0.436 e. The number of carbonyl (C=O) groups excluding carboxylic acids is 2. The van der Waals surface area contributed by atoms with Crippen molar-refractivity contribution in [2.75, 3.05) is 60.2 Å². The van der Waals surface area contributed by atoms with E-state index in [2.05, 4.69) is 10.3 Å². The van der Waals surface area contributed by atoms with E-state index in [1.54, 1.807) is 43.4 Å². The third-order valence-electron chi connectivity index (χ3n) is 7.70. The molecule has 0 spiro atoms. The number of benzene rings is 1. The highest BCUT2D eigenvalue weighted by molar-refractivity contribution is 7.91. The first-order valence-electron chi connectivity index (χ1n) is 14.1. The molecule has 0 radical (unpaired) electrons. The minimum absolute atomic E-state index is 0.00458. The maximum absolute atomic E-state index is 14.1. The van der Waals surface area contributed by atoms with Gasteiger partial charge in [-0.25, -0.2) is 13.4 Å². The normalized spacial score (nSPS) is 19.5. The minimum atomic E-state index is -4.01. The molecule has 1 N–H and O–H groups in total. The Hall–Kier alpha value is -2.59. The van der Waals surface area contributed by atoms with Crippen LogP contribution in [-0.4, -0.2) is 112 Å². The van der Waals surface area contributed by atoms with E-state index in [0.717, 1.165) is 27.1 Å². The molecule has 2 amide bonds. The molecule has 2 aromatic heterocycles. The number of nitrogens with zero attached hydrogens (tertiary/aromatic N) is 4. The predicted octanol–water partition coefficient (Wildman–Crippen LogP) is 2.60. The monoisotopic (exact) mass is 653 g/mol. The molecule has 1 saturated heterocycles. The fourth-order valence-corrected chi connectivity index (χ4v) is 8.77. The molecule has 15 heteroatoms. The van der Waals surface area contributed by atoms with Gasteiger partial charge >= 0.3 is 5.91 Å². The molecule has 0 aliphatic carbocycles. The quantitative estimate of drug-likeness (QED) is 0.331. The van der Waals surface area contributed by atoms with Crippen LogP contribution in [0.15, 0.2) is 32.9 Å². The zero-order chi connectivity index (χ0) is 30.7. The van der Waals surface area contributed by atoms with E-state index in [-0.39, 0.29) is 48.1 Å². The van der Waals surface area contributed by atoms with Crippen LogP contribution in [0, 0.1) is 0 Å². The summed E-state index contributed by atoms with van der Waals surface area (Å²) < 4.78 is 46.5. The molecule has 2 aliphatic heterocycles. The van der Waals surface area contributed by atoms with Gasteiger partial charge in [-0.3, -0.25) is 9.59 Å². The molecule has 43 heavy (non-hydrogen) atoms. The molecule has 5 rings (SSSR count). The van der Waals surface area contributed by atoms with Crippen LogP contribution >= 0.6 is 22.9 Å². The van der Waals surface area contributed by atoms with Crippen molar-refractivity contribution in [3.8, 4) is 0 Å². The second kappa shape index (κ2) is 13.6. The van der Waals surface area contributed by atoms with E-state index in [1.807, 2.05) is 6.92 Å². The number of carbonyl (C=O) groups is 2. The Morgan fingerprint density at radius 2 is 1.93 bits per heavy atom. The first kappa shape index (κ1) is 31.8. The Balaban J connectivity index is 1.42. The predicted molar refractivity (Wildman–Crippen MR) is 162 cm³/mol. The number of methoxy groups -OCH3 is 2. The average molecular weight is 654 g/mol. The molecule has 1 aromatic carbocycles. The number of rotatable bonds is 11. The summed E-state index contributed by atoms with van der Waals surface area (Å²) >= 11 is 7.27. The molecule has 2 aliphatic rings. The number of hydrogen-bond acceptors (Lipinski definition) is 10. The first-order valence-corrected chi connectivity index (χ1v) is 16.7. The molecule has 0 saturated carbocycles. The molecule has 2 atom stereocenters. The molecular weight excluding hydrogens is 618 g/mol. The van der Waals surface area contributed by atoms with Crippen molar-refractivity contribution in [1.29, 1.82) is 0 Å². The Labute approximate surface area is 259 Å². The van der Waals surface area contributed by atoms with Gasteiger partial charge in [0.25, 0.3) is 15.9 Å². The molecule has 3 aromatic rings. The summed E-state index contributed by atoms with van der Waals surface area (Å²) in [5, 5.41) is 4.56. The zero-order valence-electron chi connectivity index (χ0n) is 24.4. The number of hydrogen-bond donors (Lipinski definition) is 1. The van der Waals surface area contributed by atoms with Gasteiger partial charge in [-0.2, -0.15) is 4.31 Å². The standard InChI is InChI=1S/C28H36ClN5O7S2/c1-18-12-22-23(16-30-18)41-27(31-22)28(36)33-6-7-34(21(17-33)15-25(35)32(8-10-39-2)9-11-40-3)43(37,38)26-13-19-4-5-20(29)14-24(19)42-26/h4-5,13-14,18,21,30H,6-12,15-17H2,1-3H3. The van der Waals surface area contributed by atoms with Crippen LogP contribution in [-0.2, 0) is 37.3 Å². The molecule has 2 unspecified atom stereocenters. The van der Waals surface area contributed by atoms with E-state index in [1.165, 1.54) is 9.21 Å². The third-order valence-corrected chi connectivity index (χ3v) is 11.4. The van der Waals surface area contributed by atoms with Crippen LogP contribution in [0.3, 0.4) is 0 Å². The van der Waals surface area contributed by atoms with Gasteiger partial charge in [-0.1, -0.05) is 17.7 Å². The van der Waals surface area contributed by atoms with Crippen molar-refractivity contribution in [2.45, 2.75) is 42.6 Å². The molecule has 0 bridgehead atoms. The molecule has 4 heterocycles. The van der Waals surface area contributed by atoms with Crippen molar-refractivity contribution < 1.29 is 31.9 Å². The summed E-state index contributed by atoms with van der Waals surface area (Å²) in [6, 6.07) is 6.24. The third kappa shape index (κ3) is 7.06. The summed E-state index contributed by atoms with van der Waals surface area (Å²) in [7, 11) is -0.912. The van der Waals surface area contributed by atoms with Gasteiger partial charge in [0.2, 0.25) is 5.91 Å². The van der Waals surface area contributed by atoms with Gasteiger partial charge in [0.05, 0.1) is 31.5 Å². The summed E-state index contributed by atoms with van der Waals surface area (Å²) in [5.74, 6) is -0.0799. The Bertz CT molecular complexity index is 1570. The van der Waals surface area contributed by atoms with Gasteiger partial charge in [0, 0.05) is 75.5 Å². The van der Waals surface area contributed by atoms with Crippen LogP contribution in [0.5, 0.6) is 0 Å². The van der Waals surface area contributed by atoms with Crippen LogP contribution in [0.4, 0.5) is 0 Å². The van der Waals surface area contributed by atoms with Crippen molar-refractivity contribution in [3.63, 3.8) is 0 Å². The first-order chi connectivity index (χ1) is 20.6. The van der Waals surface area contributed by atoms with Crippen molar-refractivity contribution in [1.82, 2.24) is 24.4 Å². The van der Waals surface area contributed by atoms with Crippen LogP contribution in [0.2, 0.25) is 5.02 Å². The topological polar surface area (TPSA) is 135 Å². The number of thiophene rings is 1. The van der Waals surface area contributed by atoms with E-state index in [4.69, 9.17) is 25.5 Å². The van der Waals surface area contributed by atoms with Crippen molar-refractivity contribution in [2.24, 2.45) is 0 Å². The number of sulfonamides is 1. The number of amides is 2. The smallest absolute Gasteiger partial charge is 0.309 e. The van der Waals surface area contributed by atoms with Crippen LogP contribution < -0.4 is 5.32 Å². The average Bonchev–Trinajstić information content (AvgIpc) is 3.61. The van der Waals surface area contributed by atoms with Gasteiger partial charge in [0.1, 0.15) is 9.97 Å². The SMILES string of the molecule is COCCN(CCOC)C(=O)CC1CN(C(=O)c2nc3c(o2)CNC(C)C3)CCN1S(=O)(=O)c1cc2ccc(Cl)cc2s1. The lowest BCUT2D eigenvalue weighted by atomic mass is 10.1. The summed E-state index contributed by atoms with van der Waals surface area (Å²) in [5.41, 5.74) is 0.749. The Kier molecular flexibility index (Phi) is 10.1. The highest BCUT2D eigenvalue weighted by Crippen LogP contribution is 2.34. The van der Waals surface area contributed by atoms with E-state index in [9.17, 15) is 18.0 Å². The second-order valence-electron chi connectivity index (χ2n) is 10.7. The highest BCUT2D eigenvalue weighted by Gasteiger charge is 2.41. The zero-order valence-corrected chi connectivity index (χ0v) is 26.8. The second-order valence-corrected chi connectivity index (χ2v) is 14.4. The fourth-order valence-electron chi connectivity index (χ4n) is 5.36. The number of nitrogens with one attached hydrogen (secondary N) is 1. The van der Waals surface area contributed by atoms with E-state index >= 15 is 0 Å². The number of piperazine rings is 1. The molecule has 12 nitrogen and oxygen atoms in total. The highest BCUT2D eigenvalue weighted by atomic mass is 35.5. The Morgan fingerprint density at radius 3 is 2.65 bits per heavy atom. The van der Waals surface area contributed by atoms with Crippen LogP contribution in [0.1, 0.15) is 35.5 Å². The van der Waals surface area contributed by atoms with E-state index in [0.29, 0.717) is 50.1 Å². The number of fused-ring (bicyclic) bond motifs is 2. The Morgan fingerprint density at radius 1 is 1.19 bits per heavy atom. The summed E-state index contributed by atoms with van der Waals surface area (Å²) in [6.07, 6.45) is 0.519. The molecular formula is C28H36ClN5O7S2. The number of aromatic nitrogens is 1. The van der Waals surface area contributed by atoms with Gasteiger partial charge < -0.3 is 29.0 Å². The van der Waals surface area contributed by atoms with E-state index < -0.39 is 22.0 Å². The number of oxazole rings is 1.